The summed E-state index contributed by atoms with van der Waals surface area (Å²) in [6.45, 7) is 3.62. The quantitative estimate of drug-likeness (QED) is 0.909. The zero-order chi connectivity index (χ0) is 17.4. The summed E-state index contributed by atoms with van der Waals surface area (Å²) in [4.78, 5) is 23.3. The zero-order valence-corrected chi connectivity index (χ0v) is 15.2. The van der Waals surface area contributed by atoms with Gasteiger partial charge in [-0.05, 0) is 37.5 Å². The molecule has 0 unspecified atom stereocenters. The van der Waals surface area contributed by atoms with Crippen molar-refractivity contribution < 1.29 is 9.90 Å². The van der Waals surface area contributed by atoms with Gasteiger partial charge in [0.15, 0.2) is 0 Å². The molecule has 4 atom stereocenters. The van der Waals surface area contributed by atoms with Crippen molar-refractivity contribution in [1.29, 1.82) is 0 Å². The first-order valence-electron chi connectivity index (χ1n) is 9.05. The highest BCUT2D eigenvalue weighted by Crippen LogP contribution is 2.41. The Morgan fingerprint density at radius 2 is 2.16 bits per heavy atom. The smallest absolute Gasteiger partial charge is 0.273 e. The number of imidazole rings is 1. The number of likely N-dealkylation sites (tertiary alicyclic amines) is 1. The highest BCUT2D eigenvalue weighted by atomic mass is 32.1. The summed E-state index contributed by atoms with van der Waals surface area (Å²) in [6.07, 6.45) is 8.68. The third-order valence-corrected chi connectivity index (χ3v) is 6.45. The van der Waals surface area contributed by atoms with Gasteiger partial charge in [0.1, 0.15) is 5.69 Å². The molecule has 2 aliphatic rings. The topological polar surface area (TPSA) is 71.2 Å². The number of aryl methyl sites for hydroxylation is 1. The molecule has 2 fully saturated rings. The van der Waals surface area contributed by atoms with E-state index in [1.54, 1.807) is 23.9 Å². The summed E-state index contributed by atoms with van der Waals surface area (Å²) in [6, 6.07) is 0.0641. The van der Waals surface area contributed by atoms with Crippen molar-refractivity contribution in [3.8, 4) is 0 Å². The minimum Gasteiger partial charge on any atom is -0.391 e. The van der Waals surface area contributed by atoms with Gasteiger partial charge in [-0.15, -0.1) is 11.3 Å². The van der Waals surface area contributed by atoms with Crippen LogP contribution in [0.15, 0.2) is 24.1 Å². The van der Waals surface area contributed by atoms with Gasteiger partial charge in [0, 0.05) is 30.9 Å². The van der Waals surface area contributed by atoms with E-state index >= 15 is 0 Å². The Labute approximate surface area is 151 Å². The molecule has 3 heterocycles. The van der Waals surface area contributed by atoms with Gasteiger partial charge in [0.05, 0.1) is 23.5 Å². The van der Waals surface area contributed by atoms with Crippen molar-refractivity contribution in [2.75, 3.05) is 13.1 Å². The number of hydrogen-bond donors (Lipinski definition) is 1. The molecule has 1 saturated carbocycles. The predicted octanol–water partition coefficient (Wildman–Crippen LogP) is 2.38. The highest BCUT2D eigenvalue weighted by molar-refractivity contribution is 7.09. The fraction of sp³-hybridized carbons (Fsp3) is 0.611. The Morgan fingerprint density at radius 3 is 2.88 bits per heavy atom. The van der Waals surface area contributed by atoms with Crippen LogP contribution in [0.5, 0.6) is 0 Å². The third-order valence-electron chi connectivity index (χ3n) is 5.54. The van der Waals surface area contributed by atoms with Gasteiger partial charge in [0.25, 0.3) is 5.91 Å². The van der Waals surface area contributed by atoms with Gasteiger partial charge in [-0.25, -0.2) is 9.97 Å². The second kappa shape index (κ2) is 6.88. The molecule has 2 aromatic heterocycles. The summed E-state index contributed by atoms with van der Waals surface area (Å²) in [5.41, 5.74) is 0.582. The Balaban J connectivity index is 1.44. The fourth-order valence-corrected chi connectivity index (χ4v) is 5.13. The molecule has 1 N–H and O–H groups in total. The van der Waals surface area contributed by atoms with Gasteiger partial charge < -0.3 is 14.6 Å². The first kappa shape index (κ1) is 16.7. The Hall–Kier alpha value is -1.73. The summed E-state index contributed by atoms with van der Waals surface area (Å²) in [7, 11) is 0. The maximum Gasteiger partial charge on any atom is 0.273 e. The molecule has 7 heteroatoms. The Bertz CT molecular complexity index is 729. The van der Waals surface area contributed by atoms with E-state index in [1.165, 1.54) is 0 Å². The molecule has 0 spiro atoms. The maximum atomic E-state index is 12.8. The van der Waals surface area contributed by atoms with Crippen LogP contribution in [0.25, 0.3) is 0 Å². The SMILES string of the molecule is CCCc1nc(C(=O)N2C[C@H]3C[C@@H](n4ccnc4)[C@H](O)C[C@H]3C2)cs1. The van der Waals surface area contributed by atoms with Gasteiger partial charge in [0.2, 0.25) is 0 Å². The lowest BCUT2D eigenvalue weighted by molar-refractivity contribution is 0.0357. The number of thiazole rings is 1. The van der Waals surface area contributed by atoms with E-state index in [9.17, 15) is 9.90 Å². The molecule has 25 heavy (non-hydrogen) atoms. The molecule has 1 aliphatic carbocycles. The minimum atomic E-state index is -0.374. The molecular weight excluding hydrogens is 336 g/mol. The number of carbonyl (C=O) groups is 1. The van der Waals surface area contributed by atoms with Crippen LogP contribution >= 0.6 is 11.3 Å². The van der Waals surface area contributed by atoms with Crippen molar-refractivity contribution in [1.82, 2.24) is 19.4 Å². The largest absolute Gasteiger partial charge is 0.391 e. The number of aliphatic hydroxyl groups is 1. The number of aliphatic hydroxyl groups excluding tert-OH is 1. The second-order valence-corrected chi connectivity index (χ2v) is 8.17. The van der Waals surface area contributed by atoms with Crippen LogP contribution in [0.3, 0.4) is 0 Å². The van der Waals surface area contributed by atoms with Gasteiger partial charge >= 0.3 is 0 Å². The molecular formula is C18H24N4O2S. The van der Waals surface area contributed by atoms with Gasteiger partial charge in [-0.1, -0.05) is 6.92 Å². The average Bonchev–Trinajstić information content (AvgIpc) is 3.33. The number of fused-ring (bicyclic) bond motifs is 1. The third kappa shape index (κ3) is 3.22. The summed E-state index contributed by atoms with van der Waals surface area (Å²) in [5.74, 6) is 0.864. The van der Waals surface area contributed by atoms with Crippen LogP contribution in [0.4, 0.5) is 0 Å². The van der Waals surface area contributed by atoms with Crippen molar-refractivity contribution in [3.63, 3.8) is 0 Å². The van der Waals surface area contributed by atoms with E-state index in [4.69, 9.17) is 0 Å². The monoisotopic (exact) mass is 360 g/mol. The van der Waals surface area contributed by atoms with Gasteiger partial charge in [-0.3, -0.25) is 4.79 Å². The molecule has 2 aromatic rings. The number of carbonyl (C=O) groups excluding carboxylic acids is 1. The van der Waals surface area contributed by atoms with E-state index < -0.39 is 0 Å². The number of hydrogen-bond acceptors (Lipinski definition) is 5. The number of amides is 1. The van der Waals surface area contributed by atoms with E-state index in [2.05, 4.69) is 16.9 Å². The van der Waals surface area contributed by atoms with Gasteiger partial charge in [-0.2, -0.15) is 0 Å². The first-order valence-corrected chi connectivity index (χ1v) is 9.92. The molecule has 6 nitrogen and oxygen atoms in total. The normalized spacial score (nSPS) is 29.0. The van der Waals surface area contributed by atoms with E-state index in [-0.39, 0.29) is 18.1 Å². The van der Waals surface area contributed by atoms with Crippen molar-refractivity contribution in [2.24, 2.45) is 11.8 Å². The predicted molar refractivity (Wildman–Crippen MR) is 95.5 cm³/mol. The van der Waals surface area contributed by atoms with Crippen molar-refractivity contribution in [3.05, 3.63) is 34.8 Å². The molecule has 0 radical (unpaired) electrons. The molecule has 1 amide bonds. The summed E-state index contributed by atoms with van der Waals surface area (Å²) in [5, 5.41) is 13.5. The lowest BCUT2D eigenvalue weighted by Gasteiger charge is -2.35. The zero-order valence-electron chi connectivity index (χ0n) is 14.4. The van der Waals surface area contributed by atoms with Crippen LogP contribution in [0, 0.1) is 11.8 Å². The Morgan fingerprint density at radius 1 is 1.36 bits per heavy atom. The van der Waals surface area contributed by atoms with Crippen LogP contribution in [-0.2, 0) is 6.42 Å². The van der Waals surface area contributed by atoms with Crippen molar-refractivity contribution >= 4 is 17.2 Å². The lowest BCUT2D eigenvalue weighted by Crippen LogP contribution is -2.35. The minimum absolute atomic E-state index is 0.0432. The molecule has 1 aliphatic heterocycles. The maximum absolute atomic E-state index is 12.8. The number of rotatable bonds is 4. The summed E-state index contributed by atoms with van der Waals surface area (Å²) >= 11 is 1.58. The number of aromatic nitrogens is 3. The lowest BCUT2D eigenvalue weighted by atomic mass is 9.77. The fourth-order valence-electron chi connectivity index (χ4n) is 4.26. The first-order chi connectivity index (χ1) is 12.2. The number of nitrogens with zero attached hydrogens (tertiary/aromatic N) is 4. The molecule has 0 bridgehead atoms. The van der Waals surface area contributed by atoms with E-state index in [1.807, 2.05) is 21.0 Å². The highest BCUT2D eigenvalue weighted by Gasteiger charge is 2.43. The van der Waals surface area contributed by atoms with Crippen LogP contribution in [0.2, 0.25) is 0 Å². The Kier molecular flexibility index (Phi) is 4.60. The van der Waals surface area contributed by atoms with Crippen molar-refractivity contribution in [2.45, 2.75) is 44.8 Å². The van der Waals surface area contributed by atoms with Crippen LogP contribution < -0.4 is 0 Å². The summed E-state index contributed by atoms with van der Waals surface area (Å²) < 4.78 is 2.00. The average molecular weight is 360 g/mol. The van der Waals surface area contributed by atoms with Crippen LogP contribution in [-0.4, -0.2) is 49.6 Å². The molecule has 1 saturated heterocycles. The van der Waals surface area contributed by atoms with E-state index in [0.717, 1.165) is 43.8 Å². The van der Waals surface area contributed by atoms with E-state index in [0.29, 0.717) is 17.5 Å². The van der Waals surface area contributed by atoms with Crippen LogP contribution in [0.1, 0.15) is 47.7 Å². The second-order valence-electron chi connectivity index (χ2n) is 7.22. The molecule has 0 aromatic carbocycles. The molecule has 134 valence electrons. The molecule has 4 rings (SSSR count). The standard InChI is InChI=1S/C18H24N4O2S/c1-2-3-17-20-14(10-25-17)18(24)22-8-12-6-15(21-5-4-19-11-21)16(23)7-13(12)9-22/h4-5,10-13,15-16,23H,2-3,6-9H2,1H3/t12-,13+,15-,16-/m1/s1.